The first kappa shape index (κ1) is 6.04. The molecule has 2 rings (SSSR count). The molecular weight excluding hydrogens is 144 g/mol. The van der Waals surface area contributed by atoms with E-state index < -0.39 is 0 Å². The average Bonchev–Trinajstić information content (AvgIpc) is 2.34. The normalized spacial score (nSPS) is 15.5. The van der Waals surface area contributed by atoms with Crippen LogP contribution in [0.15, 0.2) is 23.4 Å². The summed E-state index contributed by atoms with van der Waals surface area (Å²) in [5, 5.41) is 0. The molecule has 0 unspecified atom stereocenters. The maximum atomic E-state index is 4.04. The number of hydrogen-bond acceptors (Lipinski definition) is 3. The van der Waals surface area contributed by atoms with Gasteiger partial charge in [-0.3, -0.25) is 4.98 Å². The first-order valence-corrected chi connectivity index (χ1v) is 4.14. The second kappa shape index (κ2) is 2.16. The highest BCUT2D eigenvalue weighted by Gasteiger charge is 2.14. The van der Waals surface area contributed by atoms with Crippen molar-refractivity contribution >= 4 is 17.4 Å². The fourth-order valence-electron chi connectivity index (χ4n) is 1.04. The number of anilines is 1. The zero-order chi connectivity index (χ0) is 6.97. The molecule has 0 atom stereocenters. The number of aromatic nitrogens is 1. The Morgan fingerprint density at radius 3 is 3.40 bits per heavy atom. The Morgan fingerprint density at radius 2 is 2.60 bits per heavy atom. The molecule has 0 aliphatic carbocycles. The Hall–Kier alpha value is -0.700. The van der Waals surface area contributed by atoms with Crippen molar-refractivity contribution in [2.75, 3.05) is 17.8 Å². The van der Waals surface area contributed by atoms with Crippen LogP contribution in [0.3, 0.4) is 0 Å². The Labute approximate surface area is 64.3 Å². The third-order valence-electron chi connectivity index (χ3n) is 1.59. The summed E-state index contributed by atoms with van der Waals surface area (Å²) in [6.07, 6.45) is 3.75. The van der Waals surface area contributed by atoms with Crippen LogP contribution in [0.1, 0.15) is 0 Å². The summed E-state index contributed by atoms with van der Waals surface area (Å²) in [5.74, 6) is 1.06. The van der Waals surface area contributed by atoms with Gasteiger partial charge in [0.15, 0.2) is 0 Å². The lowest BCUT2D eigenvalue weighted by atomic mass is 10.4. The molecular formula is C7H8N2S. The van der Waals surface area contributed by atoms with Crippen LogP contribution >= 0.6 is 11.8 Å². The van der Waals surface area contributed by atoms with Crippen molar-refractivity contribution in [3.63, 3.8) is 0 Å². The minimum absolute atomic E-state index is 1.06. The van der Waals surface area contributed by atoms with Gasteiger partial charge >= 0.3 is 0 Å². The van der Waals surface area contributed by atoms with Gasteiger partial charge in [-0.2, -0.15) is 0 Å². The van der Waals surface area contributed by atoms with Crippen molar-refractivity contribution in [3.8, 4) is 0 Å². The van der Waals surface area contributed by atoms with Crippen molar-refractivity contribution in [3.05, 3.63) is 18.5 Å². The van der Waals surface area contributed by atoms with Crippen LogP contribution in [-0.2, 0) is 0 Å². The predicted octanol–water partition coefficient (Wildman–Crippen LogP) is 1.58. The maximum Gasteiger partial charge on any atom is 0.0684 e. The molecule has 0 radical (unpaired) electrons. The van der Waals surface area contributed by atoms with Gasteiger partial charge in [0.05, 0.1) is 16.5 Å². The third kappa shape index (κ3) is 0.778. The van der Waals surface area contributed by atoms with Crippen molar-refractivity contribution < 1.29 is 0 Å². The van der Waals surface area contributed by atoms with E-state index in [4.69, 9.17) is 0 Å². The molecule has 2 nitrogen and oxygen atoms in total. The summed E-state index contributed by atoms with van der Waals surface area (Å²) in [6, 6.07) is 2.05. The number of hydrogen-bond donors (Lipinski definition) is 0. The van der Waals surface area contributed by atoms with E-state index in [-0.39, 0.29) is 0 Å². The molecule has 0 bridgehead atoms. The van der Waals surface area contributed by atoms with E-state index in [0.717, 1.165) is 5.88 Å². The van der Waals surface area contributed by atoms with E-state index in [1.165, 1.54) is 10.6 Å². The minimum atomic E-state index is 1.06. The predicted molar refractivity (Wildman–Crippen MR) is 43.4 cm³/mol. The number of nitrogens with zero attached hydrogens (tertiary/aromatic N) is 2. The largest absolute Gasteiger partial charge is 0.364 e. The highest BCUT2D eigenvalue weighted by molar-refractivity contribution is 7.99. The van der Waals surface area contributed by atoms with Gasteiger partial charge in [0.1, 0.15) is 0 Å². The fraction of sp³-hybridized carbons (Fsp3) is 0.286. The van der Waals surface area contributed by atoms with Crippen LogP contribution in [0.25, 0.3) is 0 Å². The van der Waals surface area contributed by atoms with Crippen LogP contribution in [0.2, 0.25) is 0 Å². The molecule has 0 spiro atoms. The Balaban J connectivity index is 2.51. The highest BCUT2D eigenvalue weighted by Crippen LogP contribution is 2.35. The Bertz CT molecular complexity index is 249. The molecule has 0 N–H and O–H groups in total. The van der Waals surface area contributed by atoms with E-state index >= 15 is 0 Å². The van der Waals surface area contributed by atoms with Gasteiger partial charge < -0.3 is 4.90 Å². The lowest BCUT2D eigenvalue weighted by molar-refractivity contribution is 1.09. The Kier molecular flexibility index (Phi) is 1.31. The number of thioether (sulfide) groups is 1. The molecule has 1 aliphatic rings. The molecule has 0 saturated carbocycles. The lowest BCUT2D eigenvalue weighted by Gasteiger charge is -2.08. The van der Waals surface area contributed by atoms with Gasteiger partial charge in [0, 0.05) is 19.4 Å². The van der Waals surface area contributed by atoms with Crippen molar-refractivity contribution in [2.24, 2.45) is 0 Å². The number of pyridine rings is 1. The fourth-order valence-corrected chi connectivity index (χ4v) is 2.01. The molecule has 0 aromatic carbocycles. The summed E-state index contributed by atoms with van der Waals surface area (Å²) in [7, 11) is 2.10. The Morgan fingerprint density at radius 1 is 1.70 bits per heavy atom. The van der Waals surface area contributed by atoms with Crippen LogP contribution in [0.4, 0.5) is 5.69 Å². The average molecular weight is 152 g/mol. The first-order valence-electron chi connectivity index (χ1n) is 3.16. The lowest BCUT2D eigenvalue weighted by Crippen LogP contribution is -2.10. The molecule has 2 heterocycles. The molecule has 1 aromatic rings. The van der Waals surface area contributed by atoms with E-state index in [2.05, 4.69) is 23.0 Å². The topological polar surface area (TPSA) is 16.1 Å². The van der Waals surface area contributed by atoms with Crippen LogP contribution in [0.5, 0.6) is 0 Å². The SMILES string of the molecule is CN1CSc2cnccc21. The van der Waals surface area contributed by atoms with Crippen LogP contribution in [0, 0.1) is 0 Å². The standard InChI is InChI=1S/C7H8N2S/c1-9-5-10-7-4-8-3-2-6(7)9/h2-4H,5H2,1H3. The second-order valence-corrected chi connectivity index (χ2v) is 3.30. The molecule has 0 saturated heterocycles. The van der Waals surface area contributed by atoms with Crippen molar-refractivity contribution in [1.82, 2.24) is 4.98 Å². The first-order chi connectivity index (χ1) is 4.88. The zero-order valence-corrected chi connectivity index (χ0v) is 6.56. The van der Waals surface area contributed by atoms with E-state index in [1.54, 1.807) is 0 Å². The monoisotopic (exact) mass is 152 g/mol. The zero-order valence-electron chi connectivity index (χ0n) is 5.74. The molecule has 3 heteroatoms. The summed E-state index contributed by atoms with van der Waals surface area (Å²) in [6.45, 7) is 0. The van der Waals surface area contributed by atoms with Crippen LogP contribution in [-0.4, -0.2) is 17.9 Å². The van der Waals surface area contributed by atoms with E-state index in [0.29, 0.717) is 0 Å². The number of rotatable bonds is 0. The summed E-state index contributed by atoms with van der Waals surface area (Å²) < 4.78 is 0. The molecule has 0 amide bonds. The third-order valence-corrected chi connectivity index (χ3v) is 2.73. The van der Waals surface area contributed by atoms with Gasteiger partial charge in [-0.05, 0) is 6.07 Å². The van der Waals surface area contributed by atoms with Gasteiger partial charge in [-0.25, -0.2) is 0 Å². The summed E-state index contributed by atoms with van der Waals surface area (Å²) in [5.41, 5.74) is 1.31. The minimum Gasteiger partial charge on any atom is -0.364 e. The van der Waals surface area contributed by atoms with E-state index in [1.807, 2.05) is 24.2 Å². The second-order valence-electron chi connectivity index (χ2n) is 2.31. The van der Waals surface area contributed by atoms with Gasteiger partial charge in [-0.1, -0.05) is 0 Å². The quantitative estimate of drug-likeness (QED) is 0.561. The molecule has 1 aliphatic heterocycles. The molecule has 1 aromatic heterocycles. The highest BCUT2D eigenvalue weighted by atomic mass is 32.2. The van der Waals surface area contributed by atoms with Crippen LogP contribution < -0.4 is 4.90 Å². The molecule has 52 valence electrons. The smallest absolute Gasteiger partial charge is 0.0684 e. The van der Waals surface area contributed by atoms with Gasteiger partial charge in [0.2, 0.25) is 0 Å². The number of fused-ring (bicyclic) bond motifs is 1. The summed E-state index contributed by atoms with van der Waals surface area (Å²) >= 11 is 1.84. The maximum absolute atomic E-state index is 4.04. The van der Waals surface area contributed by atoms with Crippen molar-refractivity contribution in [2.45, 2.75) is 4.90 Å². The summed E-state index contributed by atoms with van der Waals surface area (Å²) in [4.78, 5) is 7.56. The molecule has 10 heavy (non-hydrogen) atoms. The molecule has 0 fully saturated rings. The van der Waals surface area contributed by atoms with E-state index in [9.17, 15) is 0 Å². The van der Waals surface area contributed by atoms with Gasteiger partial charge in [0.25, 0.3) is 0 Å². The van der Waals surface area contributed by atoms with Gasteiger partial charge in [-0.15, -0.1) is 11.8 Å². The van der Waals surface area contributed by atoms with Crippen molar-refractivity contribution in [1.29, 1.82) is 0 Å².